The van der Waals surface area contributed by atoms with E-state index in [9.17, 15) is 14.0 Å². The maximum Gasteiger partial charge on any atom is 0.242 e. The van der Waals surface area contributed by atoms with Crippen molar-refractivity contribution in [1.29, 1.82) is 0 Å². The van der Waals surface area contributed by atoms with E-state index in [0.717, 1.165) is 31.2 Å². The van der Waals surface area contributed by atoms with Gasteiger partial charge in [0.1, 0.15) is 13.2 Å². The Kier molecular flexibility index (Phi) is 6.60. The van der Waals surface area contributed by atoms with Gasteiger partial charge in [-0.1, -0.05) is 19.1 Å². The second-order valence-corrected chi connectivity index (χ2v) is 9.39. The predicted octanol–water partition coefficient (Wildman–Crippen LogP) is 4.43. The first kappa shape index (κ1) is 21.8. The van der Waals surface area contributed by atoms with E-state index in [1.54, 1.807) is 34.4 Å². The predicted molar refractivity (Wildman–Crippen MR) is 119 cm³/mol. The van der Waals surface area contributed by atoms with E-state index >= 15 is 0 Å². The first-order chi connectivity index (χ1) is 15.0. The van der Waals surface area contributed by atoms with E-state index in [1.807, 2.05) is 30.2 Å². The zero-order valence-corrected chi connectivity index (χ0v) is 18.9. The number of fused-ring (bicyclic) bond motifs is 1. The summed E-state index contributed by atoms with van der Waals surface area (Å²) in [4.78, 5) is 31.0. The largest absolute Gasteiger partial charge is 0.488 e. The number of amides is 2. The van der Waals surface area contributed by atoms with Gasteiger partial charge in [0, 0.05) is 23.4 Å². The van der Waals surface area contributed by atoms with Gasteiger partial charge in [-0.15, -0.1) is 11.3 Å². The summed E-state index contributed by atoms with van der Waals surface area (Å²) in [6.45, 7) is 4.87. The molecule has 1 aromatic heterocycles. The van der Waals surface area contributed by atoms with Crippen molar-refractivity contribution in [3.8, 4) is 5.75 Å². The molecule has 1 aliphatic carbocycles. The highest BCUT2D eigenvalue weighted by atomic mass is 32.1. The van der Waals surface area contributed by atoms with Crippen LogP contribution < -0.4 is 4.74 Å². The molecular formula is C24H29FN2O3S. The lowest BCUT2D eigenvalue weighted by Gasteiger charge is -2.38. The van der Waals surface area contributed by atoms with Crippen LogP contribution >= 0.6 is 11.3 Å². The maximum absolute atomic E-state index is 14.1. The smallest absolute Gasteiger partial charge is 0.242 e. The molecule has 166 valence electrons. The first-order valence-corrected chi connectivity index (χ1v) is 11.9. The number of halogens is 1. The topological polar surface area (TPSA) is 49.9 Å². The van der Waals surface area contributed by atoms with Crippen LogP contribution in [-0.4, -0.2) is 47.4 Å². The summed E-state index contributed by atoms with van der Waals surface area (Å²) >= 11 is 1.68. The Balaban J connectivity index is 1.52. The highest BCUT2D eigenvalue weighted by Crippen LogP contribution is 2.35. The molecule has 4 rings (SSSR count). The molecule has 1 saturated carbocycles. The standard InChI is InChI=1S/C24H29FN2O3S/c1-3-16(2)27(24(29)17-8-9-17)14-23(28)26-12-10-22-18(11-13-31-22)20(26)15-30-21-7-5-4-6-19(21)25/h4-7,11,13,16-17,20H,3,8-10,12,14-15H2,1-2H3/t16-,20+/m0/s1. The molecule has 1 fully saturated rings. The number of carbonyl (C=O) groups excluding carboxylic acids is 2. The van der Waals surface area contributed by atoms with Crippen LogP contribution in [0.3, 0.4) is 0 Å². The number of para-hydroxylation sites is 1. The van der Waals surface area contributed by atoms with Gasteiger partial charge < -0.3 is 14.5 Å². The fourth-order valence-electron chi connectivity index (χ4n) is 4.08. The van der Waals surface area contributed by atoms with Crippen LogP contribution in [0.1, 0.15) is 49.6 Å². The van der Waals surface area contributed by atoms with Crippen molar-refractivity contribution in [3.05, 3.63) is 52.0 Å². The van der Waals surface area contributed by atoms with E-state index in [1.165, 1.54) is 10.9 Å². The minimum absolute atomic E-state index is 0.0201. The summed E-state index contributed by atoms with van der Waals surface area (Å²) in [5, 5.41) is 2.02. The molecule has 0 N–H and O–H groups in total. The van der Waals surface area contributed by atoms with Gasteiger partial charge in [-0.2, -0.15) is 0 Å². The zero-order valence-electron chi connectivity index (χ0n) is 18.1. The second kappa shape index (κ2) is 9.39. The molecule has 0 bridgehead atoms. The van der Waals surface area contributed by atoms with E-state index in [0.29, 0.717) is 6.54 Å². The normalized spacial score (nSPS) is 18.9. The third kappa shape index (κ3) is 4.76. The maximum atomic E-state index is 14.1. The van der Waals surface area contributed by atoms with Gasteiger partial charge in [0.15, 0.2) is 11.6 Å². The summed E-state index contributed by atoms with van der Waals surface area (Å²) < 4.78 is 19.9. The van der Waals surface area contributed by atoms with Gasteiger partial charge in [0.05, 0.1) is 6.04 Å². The van der Waals surface area contributed by atoms with Crippen molar-refractivity contribution in [1.82, 2.24) is 9.80 Å². The summed E-state index contributed by atoms with van der Waals surface area (Å²) in [6, 6.07) is 8.06. The number of nitrogens with zero attached hydrogens (tertiary/aromatic N) is 2. The molecule has 31 heavy (non-hydrogen) atoms. The lowest BCUT2D eigenvalue weighted by molar-refractivity contribution is -0.145. The number of rotatable bonds is 8. The molecule has 0 unspecified atom stereocenters. The van der Waals surface area contributed by atoms with Gasteiger partial charge in [-0.3, -0.25) is 9.59 Å². The summed E-state index contributed by atoms with van der Waals surface area (Å²) in [6.07, 6.45) is 3.43. The molecule has 2 aromatic rings. The number of thiophene rings is 1. The SMILES string of the molecule is CC[C@H](C)N(CC(=O)N1CCc2sccc2[C@H]1COc1ccccc1F)C(=O)C1CC1. The van der Waals surface area contributed by atoms with Gasteiger partial charge in [0.25, 0.3) is 0 Å². The van der Waals surface area contributed by atoms with Crippen LogP contribution in [0.25, 0.3) is 0 Å². The third-order valence-electron chi connectivity index (χ3n) is 6.29. The lowest BCUT2D eigenvalue weighted by atomic mass is 10.00. The molecule has 1 aliphatic heterocycles. The highest BCUT2D eigenvalue weighted by molar-refractivity contribution is 7.10. The Bertz CT molecular complexity index is 942. The van der Waals surface area contributed by atoms with Crippen LogP contribution in [0, 0.1) is 11.7 Å². The molecule has 2 amide bonds. The van der Waals surface area contributed by atoms with Crippen LogP contribution in [0.15, 0.2) is 35.7 Å². The van der Waals surface area contributed by atoms with Crippen LogP contribution in [0.5, 0.6) is 5.75 Å². The van der Waals surface area contributed by atoms with Crippen LogP contribution in [0.2, 0.25) is 0 Å². The zero-order chi connectivity index (χ0) is 22.0. The fraction of sp³-hybridized carbons (Fsp3) is 0.500. The number of carbonyl (C=O) groups is 2. The Morgan fingerprint density at radius 1 is 1.29 bits per heavy atom. The van der Waals surface area contributed by atoms with Gasteiger partial charge in [-0.25, -0.2) is 4.39 Å². The molecule has 0 spiro atoms. The average Bonchev–Trinajstić information content (AvgIpc) is 3.52. The molecule has 2 atom stereocenters. The third-order valence-corrected chi connectivity index (χ3v) is 7.28. The molecule has 1 aromatic carbocycles. The van der Waals surface area contributed by atoms with Crippen molar-refractivity contribution >= 4 is 23.2 Å². The minimum Gasteiger partial charge on any atom is -0.488 e. The summed E-state index contributed by atoms with van der Waals surface area (Å²) in [7, 11) is 0. The van der Waals surface area contributed by atoms with Gasteiger partial charge >= 0.3 is 0 Å². The molecule has 2 aliphatic rings. The quantitative estimate of drug-likeness (QED) is 0.605. The fourth-order valence-corrected chi connectivity index (χ4v) is 5.01. The average molecular weight is 445 g/mol. The molecule has 7 heteroatoms. The summed E-state index contributed by atoms with van der Waals surface area (Å²) in [5.74, 6) is -0.141. The van der Waals surface area contributed by atoms with E-state index < -0.39 is 5.82 Å². The number of benzene rings is 1. The minimum atomic E-state index is -0.417. The van der Waals surface area contributed by atoms with Crippen molar-refractivity contribution in [3.63, 3.8) is 0 Å². The first-order valence-electron chi connectivity index (χ1n) is 11.0. The van der Waals surface area contributed by atoms with Crippen molar-refractivity contribution in [2.75, 3.05) is 19.7 Å². The van der Waals surface area contributed by atoms with E-state index in [4.69, 9.17) is 4.74 Å². The van der Waals surface area contributed by atoms with Gasteiger partial charge in [0.2, 0.25) is 11.8 Å². The molecule has 5 nitrogen and oxygen atoms in total. The van der Waals surface area contributed by atoms with Crippen LogP contribution in [0.4, 0.5) is 4.39 Å². The molecule has 2 heterocycles. The van der Waals surface area contributed by atoms with Crippen LogP contribution in [-0.2, 0) is 16.0 Å². The molecule has 0 radical (unpaired) electrons. The van der Waals surface area contributed by atoms with E-state index in [2.05, 4.69) is 0 Å². The molecule has 0 saturated heterocycles. The molecular weight excluding hydrogens is 415 g/mol. The number of ether oxygens (including phenoxy) is 1. The second-order valence-electron chi connectivity index (χ2n) is 8.39. The Morgan fingerprint density at radius 2 is 2.06 bits per heavy atom. The Hall–Kier alpha value is -2.41. The van der Waals surface area contributed by atoms with E-state index in [-0.39, 0.29) is 48.7 Å². The van der Waals surface area contributed by atoms with Crippen molar-refractivity contribution in [2.45, 2.75) is 51.6 Å². The monoisotopic (exact) mass is 444 g/mol. The Morgan fingerprint density at radius 3 is 2.77 bits per heavy atom. The lowest BCUT2D eigenvalue weighted by Crippen LogP contribution is -2.50. The number of hydrogen-bond acceptors (Lipinski definition) is 4. The summed E-state index contributed by atoms with van der Waals surface area (Å²) in [5.41, 5.74) is 1.06. The highest BCUT2D eigenvalue weighted by Gasteiger charge is 2.38. The Labute approximate surface area is 186 Å². The number of hydrogen-bond donors (Lipinski definition) is 0. The van der Waals surface area contributed by atoms with Crippen molar-refractivity contribution < 1.29 is 18.7 Å². The van der Waals surface area contributed by atoms with Crippen molar-refractivity contribution in [2.24, 2.45) is 5.92 Å². The van der Waals surface area contributed by atoms with Gasteiger partial charge in [-0.05, 0) is 61.7 Å².